The van der Waals surface area contributed by atoms with Crippen LogP contribution in [0.4, 0.5) is 0 Å². The Kier molecular flexibility index (Phi) is 34.8. The van der Waals surface area contributed by atoms with Crippen LogP contribution in [0, 0.1) is 75.4 Å². The maximum Gasteiger partial charge on any atom is 0.311 e. The number of likely N-dealkylation sites (N-methyl/N-ethyl adjacent to an activating group) is 3. The number of hydrogen-bond donors (Lipinski definition) is 8. The molecule has 108 heavy (non-hydrogen) atoms. The van der Waals surface area contributed by atoms with Gasteiger partial charge in [-0.05, 0) is 176 Å². The van der Waals surface area contributed by atoms with Crippen molar-refractivity contribution >= 4 is 17.8 Å². The van der Waals surface area contributed by atoms with E-state index in [0.29, 0.717) is 31.6 Å². The maximum absolute atomic E-state index is 14.3. The van der Waals surface area contributed by atoms with E-state index in [-0.39, 0.29) is 97.4 Å². The lowest BCUT2D eigenvalue weighted by molar-refractivity contribution is -0.319. The summed E-state index contributed by atoms with van der Waals surface area (Å²) in [5.74, 6) is -5.17. The van der Waals surface area contributed by atoms with Crippen molar-refractivity contribution in [2.45, 2.75) is 396 Å². The first-order valence-electron chi connectivity index (χ1n) is 40.9. The van der Waals surface area contributed by atoms with Crippen LogP contribution in [0.5, 0.6) is 0 Å². The topological polar surface area (TPSA) is 322 Å². The van der Waals surface area contributed by atoms with Gasteiger partial charge in [0.15, 0.2) is 25.2 Å². The minimum absolute atomic E-state index is 0.0189. The van der Waals surface area contributed by atoms with Gasteiger partial charge in [-0.15, -0.1) is 0 Å². The molecule has 0 radical (unpaired) electrons. The number of ether oxygens (including phenoxy) is 12. The van der Waals surface area contributed by atoms with E-state index >= 15 is 0 Å². The molecule has 1 amide bonds. The van der Waals surface area contributed by atoms with Crippen LogP contribution >= 0.6 is 0 Å². The monoisotopic (exact) mass is 1550 g/mol. The summed E-state index contributed by atoms with van der Waals surface area (Å²) >= 11 is 0. The summed E-state index contributed by atoms with van der Waals surface area (Å²) in [4.78, 5) is 45.2. The van der Waals surface area contributed by atoms with Gasteiger partial charge in [-0.3, -0.25) is 19.3 Å². The van der Waals surface area contributed by atoms with E-state index in [1.54, 1.807) is 48.5 Å². The molecule has 0 aromatic carbocycles. The molecule has 634 valence electrons. The number of rotatable bonds is 17. The van der Waals surface area contributed by atoms with Gasteiger partial charge in [0.25, 0.3) is 0 Å². The van der Waals surface area contributed by atoms with Crippen molar-refractivity contribution in [3.05, 3.63) is 0 Å². The van der Waals surface area contributed by atoms with Gasteiger partial charge in [-0.25, -0.2) is 0 Å². The smallest absolute Gasteiger partial charge is 0.311 e. The van der Waals surface area contributed by atoms with Crippen LogP contribution in [0.1, 0.15) is 238 Å². The summed E-state index contributed by atoms with van der Waals surface area (Å²) < 4.78 is 77.3. The van der Waals surface area contributed by atoms with Gasteiger partial charge < -0.3 is 103 Å². The lowest BCUT2D eigenvalue weighted by atomic mass is 9.65. The zero-order chi connectivity index (χ0) is 82.5. The van der Waals surface area contributed by atoms with Crippen LogP contribution in [0.15, 0.2) is 0 Å². The largest absolute Gasteiger partial charge is 0.461 e. The fourth-order valence-electron chi connectivity index (χ4n) is 19.0. The molecule has 25 nitrogen and oxygen atoms in total. The quantitative estimate of drug-likeness (QED) is 0.0628. The van der Waals surface area contributed by atoms with Crippen LogP contribution in [0.25, 0.3) is 0 Å². The zero-order valence-corrected chi connectivity index (χ0v) is 72.6. The van der Waals surface area contributed by atoms with Crippen LogP contribution in [-0.2, 0) is 71.2 Å². The molecule has 6 aliphatic rings. The number of carbonyl (C=O) groups excluding carboxylic acids is 3. The number of nitrogens with one attached hydrogen (secondary N) is 1. The Morgan fingerprint density at radius 3 is 1.50 bits per heavy atom. The molecule has 0 aromatic heterocycles. The third-order valence-corrected chi connectivity index (χ3v) is 27.2. The Bertz CT molecular complexity index is 2780. The molecule has 6 fully saturated rings. The summed E-state index contributed by atoms with van der Waals surface area (Å²) in [6, 6.07) is -0.372. The van der Waals surface area contributed by atoms with Crippen molar-refractivity contribution in [3.63, 3.8) is 0 Å². The first-order valence-corrected chi connectivity index (χ1v) is 40.9. The second-order valence-corrected chi connectivity index (χ2v) is 37.6. The van der Waals surface area contributed by atoms with Gasteiger partial charge in [0, 0.05) is 68.3 Å². The number of aliphatic hydroxyl groups excluding tert-OH is 5. The molecule has 6 saturated heterocycles. The lowest BCUT2D eigenvalue weighted by Crippen LogP contribution is -2.62. The Morgan fingerprint density at radius 1 is 0.546 bits per heavy atom. The second kappa shape index (κ2) is 39.1. The number of esters is 2. The van der Waals surface area contributed by atoms with Crippen LogP contribution < -0.4 is 5.32 Å². The van der Waals surface area contributed by atoms with Crippen LogP contribution in [-0.4, -0.2) is 263 Å². The third kappa shape index (κ3) is 22.6. The molecule has 0 spiro atoms. The fourth-order valence-corrected chi connectivity index (χ4v) is 19.0. The summed E-state index contributed by atoms with van der Waals surface area (Å²) in [6.07, 6.45) is -12.4. The molecular weight excluding hydrogens is 1390 g/mol. The molecular formula is C83H155N3O22. The fraction of sp³-hybridized carbons (Fsp3) is 0.964. The maximum atomic E-state index is 14.3. The molecule has 35 atom stereocenters. The summed E-state index contributed by atoms with van der Waals surface area (Å²) in [7, 11) is 8.85. The predicted molar refractivity (Wildman–Crippen MR) is 413 cm³/mol. The molecule has 1 unspecified atom stereocenters. The third-order valence-electron chi connectivity index (χ3n) is 27.2. The van der Waals surface area contributed by atoms with Crippen molar-refractivity contribution in [1.29, 1.82) is 0 Å². The highest BCUT2D eigenvalue weighted by Gasteiger charge is 2.57. The molecule has 8 N–H and O–H groups in total. The molecule has 6 heterocycles. The van der Waals surface area contributed by atoms with Gasteiger partial charge in [-0.1, -0.05) is 111 Å². The van der Waals surface area contributed by atoms with Crippen molar-refractivity contribution < 1.29 is 107 Å². The van der Waals surface area contributed by atoms with Crippen LogP contribution in [0.3, 0.4) is 0 Å². The summed E-state index contributed by atoms with van der Waals surface area (Å²) in [6.45, 7) is 52.6. The Balaban J connectivity index is 0.000000391. The number of aliphatic hydroxyl groups is 7. The molecule has 6 aliphatic heterocycles. The van der Waals surface area contributed by atoms with Gasteiger partial charge in [0.2, 0.25) is 5.91 Å². The number of cyclic esters (lactones) is 2. The second-order valence-electron chi connectivity index (χ2n) is 37.6. The molecule has 6 rings (SSSR count). The average Bonchev–Trinajstić information content (AvgIpc) is 0.770. The molecule has 0 saturated carbocycles. The zero-order valence-electron chi connectivity index (χ0n) is 72.6. The van der Waals surface area contributed by atoms with E-state index in [0.717, 1.165) is 6.42 Å². The van der Waals surface area contributed by atoms with E-state index < -0.39 is 174 Å². The summed E-state index contributed by atoms with van der Waals surface area (Å²) in [5.41, 5.74) is -5.95. The van der Waals surface area contributed by atoms with Gasteiger partial charge in [0.1, 0.15) is 42.7 Å². The van der Waals surface area contributed by atoms with Crippen molar-refractivity contribution in [3.8, 4) is 0 Å². The average molecular weight is 1550 g/mol. The molecule has 0 aromatic rings. The summed E-state index contributed by atoms with van der Waals surface area (Å²) in [5, 5.41) is 85.5. The minimum atomic E-state index is -1.97. The first kappa shape index (κ1) is 96.2. The first-order chi connectivity index (χ1) is 49.6. The molecule has 25 heteroatoms. The normalized spacial score (nSPS) is 46.3. The van der Waals surface area contributed by atoms with E-state index in [1.807, 2.05) is 88.4 Å². The van der Waals surface area contributed by atoms with Crippen LogP contribution in [0.2, 0.25) is 0 Å². The lowest BCUT2D eigenvalue weighted by Gasteiger charge is -2.50. The molecule has 0 bridgehead atoms. The standard InChI is InChI=1S/C42H78N2O14.C41H77NO8/c1-16-29-42(12,51)35(47)24(6)33(53-20-30(45)43-13)22(4)18-40(10,50)37(58-39-32(46)28(17-23(5)54-39)44(14)21(2)3)25(7)34(26(8)38(49)56-29)57-31-19-41(11,52-15)36(48)27(9)55-31;1-18-31-41(14,15)35(44)25(5)24(4)22(2)20-40(12,13)36(50-38-33(43)30(42(16)17)19-23(3)46-38)26(6)34(27(7)37(45)48-31)49-32-21-39(10,11)28(8)29(9)47-32/h21-29,31-37,39,46-48,50-51H,16-20H2,1-15H3,(H,43,45);22-36,38,43-44H,18-21H2,1-17H3/t22-,23-,24+,25+,26-,27+,28+,29-,31+,32-,33+,34+,35-,36+,37-,39+,40-,41-,42-;22-,23-,24?,25+,26+,27-,28+,29+,30+,31-,32+,33-,34+,35-,36-,38+/m11/s1. The highest BCUT2D eigenvalue weighted by atomic mass is 16.7. The van der Waals surface area contributed by atoms with Crippen molar-refractivity contribution in [1.82, 2.24) is 15.1 Å². The van der Waals surface area contributed by atoms with E-state index in [2.05, 4.69) is 79.5 Å². The van der Waals surface area contributed by atoms with Gasteiger partial charge >= 0.3 is 11.9 Å². The van der Waals surface area contributed by atoms with Gasteiger partial charge in [-0.2, -0.15) is 0 Å². The van der Waals surface area contributed by atoms with Gasteiger partial charge in [0.05, 0.1) is 90.2 Å². The number of nitrogens with zero attached hydrogens (tertiary/aromatic N) is 2. The number of carbonyl (C=O) groups is 3. The highest BCUT2D eigenvalue weighted by molar-refractivity contribution is 5.76. The SMILES string of the molecule is CC[C@H]1OC(=O)[C@H](C)[C@@H](O[C@H]2CC(C)(C)[C@@H](C)[C@H](C)O2)[C@H](C)[C@@H](O[C@@H]2O[C@H](C)C[C@H](N(C)C)[C@H]2O)C(C)(C)C[C@@H](C)C(C)[C@H](C)[C@@H](O)C1(C)C.CC[C@H]1OC(=O)[C@H](C)[C@@H](O[C@H]2C[C@@](C)(OC)[C@@H](O)[C@H](C)O2)[C@H](C)[C@@H](O[C@@H]2O[C@H](C)C[C@H](N(C)C(C)C)[C@H]2O)[C@](C)(O)C[C@@H](C)[C@H](OCC(=O)NC)[C@H](C)[C@@H](O)[C@]1(C)O. The van der Waals surface area contributed by atoms with Crippen molar-refractivity contribution in [2.75, 3.05) is 41.9 Å². The van der Waals surface area contributed by atoms with E-state index in [9.17, 15) is 50.1 Å². The van der Waals surface area contributed by atoms with Crippen molar-refractivity contribution in [2.24, 2.45) is 75.4 Å². The minimum Gasteiger partial charge on any atom is -0.461 e. The van der Waals surface area contributed by atoms with E-state index in [4.69, 9.17) is 56.8 Å². The number of hydrogen-bond acceptors (Lipinski definition) is 24. The Hall–Kier alpha value is -2.35. The highest BCUT2D eigenvalue weighted by Crippen LogP contribution is 2.49. The predicted octanol–water partition coefficient (Wildman–Crippen LogP) is 9.43. The Morgan fingerprint density at radius 2 is 1.02 bits per heavy atom. The van der Waals surface area contributed by atoms with E-state index in [1.165, 1.54) is 21.1 Å². The number of amides is 1. The Labute approximate surface area is 650 Å². The molecule has 0 aliphatic carbocycles. The number of methoxy groups -OCH3 is 1.